The lowest BCUT2D eigenvalue weighted by molar-refractivity contribution is -0.110. The minimum atomic E-state index is -0.408. The first-order chi connectivity index (χ1) is 17.5. The fraction of sp³-hybridized carbons (Fsp3) is 0.241. The molecule has 1 fully saturated rings. The Kier molecular flexibility index (Phi) is 6.73. The largest absolute Gasteiger partial charge is 0.462 e. The summed E-state index contributed by atoms with van der Waals surface area (Å²) in [4.78, 5) is 30.1. The minimum absolute atomic E-state index is 0.216. The average Bonchev–Trinajstić information content (AvgIpc) is 3.23. The van der Waals surface area contributed by atoms with Gasteiger partial charge in [0.2, 0.25) is 0 Å². The van der Waals surface area contributed by atoms with Crippen molar-refractivity contribution in [3.8, 4) is 0 Å². The van der Waals surface area contributed by atoms with Crippen LogP contribution in [0, 0.1) is 0 Å². The molecule has 7 heteroatoms. The van der Waals surface area contributed by atoms with Gasteiger partial charge in [0.25, 0.3) is 5.91 Å². The number of fused-ring (bicyclic) bond motifs is 1. The molecule has 5 rings (SSSR count). The summed E-state index contributed by atoms with van der Waals surface area (Å²) in [5.74, 6) is -0.625. The zero-order valence-corrected chi connectivity index (χ0v) is 20.6. The predicted octanol–water partition coefficient (Wildman–Crippen LogP) is 4.55. The maximum absolute atomic E-state index is 13.2. The summed E-state index contributed by atoms with van der Waals surface area (Å²) in [5.41, 5.74) is 5.98. The van der Waals surface area contributed by atoms with Crippen molar-refractivity contribution in [2.45, 2.75) is 6.92 Å². The summed E-state index contributed by atoms with van der Waals surface area (Å²) in [6.07, 6.45) is 0. The molecular weight excluding hydrogens is 452 g/mol. The lowest BCUT2D eigenvalue weighted by Crippen LogP contribution is -2.44. The minimum Gasteiger partial charge on any atom is -0.462 e. The van der Waals surface area contributed by atoms with Crippen LogP contribution in [0.3, 0.4) is 0 Å². The number of piperazine rings is 1. The van der Waals surface area contributed by atoms with Crippen LogP contribution in [0.5, 0.6) is 0 Å². The van der Waals surface area contributed by atoms with Crippen molar-refractivity contribution in [2.75, 3.05) is 55.4 Å². The highest BCUT2D eigenvalue weighted by Gasteiger charge is 2.29. The quantitative estimate of drug-likeness (QED) is 0.397. The van der Waals surface area contributed by atoms with E-state index in [-0.39, 0.29) is 5.91 Å². The molecule has 7 nitrogen and oxygen atoms in total. The van der Waals surface area contributed by atoms with Gasteiger partial charge in [-0.3, -0.25) is 4.79 Å². The summed E-state index contributed by atoms with van der Waals surface area (Å²) < 4.78 is 5.11. The van der Waals surface area contributed by atoms with Crippen molar-refractivity contribution in [2.24, 2.45) is 0 Å². The monoisotopic (exact) mass is 482 g/mol. The van der Waals surface area contributed by atoms with Gasteiger partial charge in [-0.1, -0.05) is 36.4 Å². The second kappa shape index (κ2) is 10.3. The lowest BCUT2D eigenvalue weighted by atomic mass is 9.99. The van der Waals surface area contributed by atoms with E-state index in [4.69, 9.17) is 4.74 Å². The summed E-state index contributed by atoms with van der Waals surface area (Å²) in [6, 6.07) is 23.3. The molecule has 1 amide bonds. The van der Waals surface area contributed by atoms with Crippen LogP contribution >= 0.6 is 0 Å². The van der Waals surface area contributed by atoms with E-state index in [0.29, 0.717) is 29.1 Å². The number of amides is 1. The van der Waals surface area contributed by atoms with Crippen molar-refractivity contribution in [1.82, 2.24) is 4.90 Å². The molecule has 2 N–H and O–H groups in total. The number of likely N-dealkylation sites (N-methyl/N-ethyl adjacent to an activating group) is 1. The summed E-state index contributed by atoms with van der Waals surface area (Å²) >= 11 is 0. The smallest absolute Gasteiger partial charge is 0.338 e. The van der Waals surface area contributed by atoms with Gasteiger partial charge in [-0.25, -0.2) is 4.79 Å². The number of nitrogens with zero attached hydrogens (tertiary/aromatic N) is 2. The van der Waals surface area contributed by atoms with Crippen molar-refractivity contribution in [3.63, 3.8) is 0 Å². The number of nitrogens with one attached hydrogen (secondary N) is 2. The van der Waals surface area contributed by atoms with E-state index >= 15 is 0 Å². The number of hydrogen-bond acceptors (Lipinski definition) is 6. The average molecular weight is 483 g/mol. The number of esters is 1. The third-order valence-electron chi connectivity index (χ3n) is 6.59. The molecule has 2 heterocycles. The molecule has 2 aliphatic heterocycles. The van der Waals surface area contributed by atoms with Crippen molar-refractivity contribution in [1.29, 1.82) is 0 Å². The second-order valence-corrected chi connectivity index (χ2v) is 9.01. The van der Waals surface area contributed by atoms with Crippen LogP contribution in [0.1, 0.15) is 28.4 Å². The van der Waals surface area contributed by atoms with E-state index in [1.165, 1.54) is 5.69 Å². The molecule has 184 valence electrons. The van der Waals surface area contributed by atoms with E-state index in [0.717, 1.165) is 43.0 Å². The molecule has 0 saturated carbocycles. The highest BCUT2D eigenvalue weighted by Crippen LogP contribution is 2.38. The van der Waals surface area contributed by atoms with Crippen LogP contribution in [-0.4, -0.2) is 56.6 Å². The molecule has 0 bridgehead atoms. The first-order valence-electron chi connectivity index (χ1n) is 12.3. The van der Waals surface area contributed by atoms with Gasteiger partial charge in [0.1, 0.15) is 0 Å². The molecule has 0 spiro atoms. The number of rotatable bonds is 6. The molecule has 3 aromatic carbocycles. The number of benzene rings is 3. The van der Waals surface area contributed by atoms with Gasteiger partial charge < -0.3 is 25.2 Å². The molecule has 1 saturated heterocycles. The van der Waals surface area contributed by atoms with Gasteiger partial charge in [-0.15, -0.1) is 0 Å². The van der Waals surface area contributed by atoms with Gasteiger partial charge in [-0.2, -0.15) is 0 Å². The molecule has 0 unspecified atom stereocenters. The number of anilines is 3. The Bertz CT molecular complexity index is 1290. The van der Waals surface area contributed by atoms with Crippen molar-refractivity contribution < 1.29 is 14.3 Å². The van der Waals surface area contributed by atoms with E-state index in [9.17, 15) is 9.59 Å². The Labute approximate surface area is 211 Å². The third kappa shape index (κ3) is 4.83. The van der Waals surface area contributed by atoms with E-state index in [1.54, 1.807) is 25.1 Å². The first kappa shape index (κ1) is 23.6. The first-order valence-corrected chi connectivity index (χ1v) is 12.3. The Balaban J connectivity index is 1.49. The topological polar surface area (TPSA) is 73.9 Å². The maximum atomic E-state index is 13.2. The Morgan fingerprint density at radius 1 is 0.944 bits per heavy atom. The molecular formula is C29H30N4O3. The molecule has 3 aromatic rings. The second-order valence-electron chi connectivity index (χ2n) is 9.01. The van der Waals surface area contributed by atoms with E-state index < -0.39 is 5.97 Å². The SMILES string of the molecule is CCOC(=O)c1ccc2c(c1)NC(=O)C2=C(Nc1ccc(N2CCN(C)CC2)cc1)c1ccccc1. The Hall–Kier alpha value is -4.10. The van der Waals surface area contributed by atoms with E-state index in [2.05, 4.69) is 51.7 Å². The van der Waals surface area contributed by atoms with Crippen LogP contribution in [0.4, 0.5) is 17.1 Å². The Morgan fingerprint density at radius 3 is 2.36 bits per heavy atom. The fourth-order valence-corrected chi connectivity index (χ4v) is 4.61. The van der Waals surface area contributed by atoms with Crippen LogP contribution in [-0.2, 0) is 9.53 Å². The number of hydrogen-bond donors (Lipinski definition) is 2. The zero-order valence-electron chi connectivity index (χ0n) is 20.6. The normalized spacial score (nSPS) is 16.8. The summed E-state index contributed by atoms with van der Waals surface area (Å²) in [6.45, 7) is 6.18. The molecule has 2 aliphatic rings. The van der Waals surface area contributed by atoms with Gasteiger partial charge in [0.05, 0.1) is 29.1 Å². The van der Waals surface area contributed by atoms with E-state index in [1.807, 2.05) is 30.3 Å². The van der Waals surface area contributed by atoms with Crippen molar-refractivity contribution >= 4 is 40.2 Å². The van der Waals surface area contributed by atoms with Crippen LogP contribution < -0.4 is 15.5 Å². The third-order valence-corrected chi connectivity index (χ3v) is 6.59. The maximum Gasteiger partial charge on any atom is 0.338 e. The lowest BCUT2D eigenvalue weighted by Gasteiger charge is -2.34. The number of carbonyl (C=O) groups excluding carboxylic acids is 2. The summed E-state index contributed by atoms with van der Waals surface area (Å²) in [7, 11) is 2.15. The molecule has 36 heavy (non-hydrogen) atoms. The zero-order chi connectivity index (χ0) is 25.1. The molecule has 0 aliphatic carbocycles. The standard InChI is InChI=1S/C29H30N4O3/c1-3-36-29(35)21-9-14-24-25(19-21)31-28(34)26(24)27(20-7-5-4-6-8-20)30-22-10-12-23(13-11-22)33-17-15-32(2)16-18-33/h4-14,19,30H,3,15-18H2,1-2H3,(H,31,34). The molecule has 0 atom stereocenters. The number of carbonyl (C=O) groups is 2. The van der Waals surface area contributed by atoms with Gasteiger partial charge in [0, 0.05) is 43.1 Å². The molecule has 0 aromatic heterocycles. The highest BCUT2D eigenvalue weighted by molar-refractivity contribution is 6.37. The van der Waals surface area contributed by atoms with Crippen LogP contribution in [0.25, 0.3) is 11.3 Å². The highest BCUT2D eigenvalue weighted by atomic mass is 16.5. The van der Waals surface area contributed by atoms with Crippen LogP contribution in [0.2, 0.25) is 0 Å². The fourth-order valence-electron chi connectivity index (χ4n) is 4.61. The summed E-state index contributed by atoms with van der Waals surface area (Å²) in [5, 5.41) is 6.43. The van der Waals surface area contributed by atoms with Gasteiger partial charge >= 0.3 is 5.97 Å². The Morgan fingerprint density at radius 2 is 1.67 bits per heavy atom. The predicted molar refractivity (Wildman–Crippen MR) is 144 cm³/mol. The van der Waals surface area contributed by atoms with Crippen molar-refractivity contribution in [3.05, 3.63) is 89.5 Å². The van der Waals surface area contributed by atoms with Gasteiger partial charge in [0.15, 0.2) is 0 Å². The van der Waals surface area contributed by atoms with Gasteiger partial charge in [-0.05, 0) is 55.9 Å². The number of ether oxygens (including phenoxy) is 1. The molecule has 0 radical (unpaired) electrons. The van der Waals surface area contributed by atoms with Crippen LogP contribution in [0.15, 0.2) is 72.8 Å².